The Labute approximate surface area is 189 Å². The zero-order chi connectivity index (χ0) is 19.6. The molecule has 3 aromatic rings. The molecule has 3 atom stereocenters. The van der Waals surface area contributed by atoms with Crippen molar-refractivity contribution in [1.29, 1.82) is 0 Å². The number of carbonyl (C=O) groups is 2. The third kappa shape index (κ3) is 2.90. The van der Waals surface area contributed by atoms with Crippen LogP contribution < -0.4 is 34.7 Å². The Morgan fingerprint density at radius 3 is 2.72 bits per heavy atom. The Bertz CT molecular complexity index is 1200. The van der Waals surface area contributed by atoms with Gasteiger partial charge >= 0.3 is 29.6 Å². The summed E-state index contributed by atoms with van der Waals surface area (Å²) in [6.07, 6.45) is 1.37. The number of para-hydroxylation sites is 1. The van der Waals surface area contributed by atoms with Crippen LogP contribution in [0.2, 0.25) is 0 Å². The van der Waals surface area contributed by atoms with E-state index in [1.165, 1.54) is 4.90 Å². The van der Waals surface area contributed by atoms with Crippen LogP contribution in [0, 0.1) is 5.92 Å². The average Bonchev–Trinajstić information content (AvgIpc) is 3.02. The maximum Gasteiger partial charge on any atom is 1.00 e. The molecule has 1 N–H and O–H groups in total. The molecule has 1 saturated heterocycles. The number of carboxylic acid groups (broad SMARTS) is 1. The van der Waals surface area contributed by atoms with Gasteiger partial charge in [0.25, 0.3) is 0 Å². The third-order valence-electron chi connectivity index (χ3n) is 5.86. The number of nitrogens with zero attached hydrogens (tertiary/aromatic N) is 2. The number of β-lactam (4-membered cyclic amide) rings is 1. The summed E-state index contributed by atoms with van der Waals surface area (Å²) in [5, 5.41) is 24.6. The second-order valence-electron chi connectivity index (χ2n) is 7.44. The molecule has 29 heavy (non-hydrogen) atoms. The van der Waals surface area contributed by atoms with E-state index in [-0.39, 0.29) is 47.2 Å². The van der Waals surface area contributed by atoms with Gasteiger partial charge in [-0.25, -0.2) is 0 Å². The van der Waals surface area contributed by atoms with E-state index in [2.05, 4.69) is 4.98 Å². The number of aliphatic hydroxyl groups is 1. The third-order valence-corrected chi connectivity index (χ3v) is 5.86. The van der Waals surface area contributed by atoms with Crippen molar-refractivity contribution >= 4 is 39.1 Å². The predicted octanol–water partition coefficient (Wildman–Crippen LogP) is -1.54. The van der Waals surface area contributed by atoms with Gasteiger partial charge in [0, 0.05) is 17.0 Å². The quantitative estimate of drug-likeness (QED) is 0.329. The fourth-order valence-corrected chi connectivity index (χ4v) is 4.56. The molecule has 2 aliphatic rings. The van der Waals surface area contributed by atoms with Crippen molar-refractivity contribution in [3.63, 3.8) is 0 Å². The summed E-state index contributed by atoms with van der Waals surface area (Å²) < 4.78 is 0. The van der Waals surface area contributed by atoms with Gasteiger partial charge in [0.1, 0.15) is 0 Å². The molecule has 1 aromatic heterocycles. The standard InChI is InChI=1S/C22H18N2O4.Na/c1-11(25)19-18-9-16(20(22(27)28)24(18)21(19)26)12-6-7-13-10-23-17-5-3-2-4-14(17)15(13)8-12;/h2-8,10-11,18-19,25H,9H2,1H3,(H,27,28);/q;+1/p-1. The molecule has 7 heteroatoms. The number of benzene rings is 2. The molecule has 0 saturated carbocycles. The maximum absolute atomic E-state index is 12.4. The summed E-state index contributed by atoms with van der Waals surface area (Å²) >= 11 is 0. The first kappa shape index (κ1) is 20.0. The topological polar surface area (TPSA) is 93.6 Å². The first-order chi connectivity index (χ1) is 13.5. The van der Waals surface area contributed by atoms with Crippen molar-refractivity contribution in [3.8, 4) is 0 Å². The summed E-state index contributed by atoms with van der Waals surface area (Å²) in [5.41, 5.74) is 2.10. The van der Waals surface area contributed by atoms with Gasteiger partial charge in [-0.3, -0.25) is 9.78 Å². The molecule has 0 aliphatic carbocycles. The van der Waals surface area contributed by atoms with Crippen molar-refractivity contribution in [2.24, 2.45) is 5.92 Å². The van der Waals surface area contributed by atoms with Gasteiger partial charge < -0.3 is 19.9 Å². The van der Waals surface area contributed by atoms with Crippen LogP contribution in [0.3, 0.4) is 0 Å². The number of carboxylic acids is 1. The number of amides is 1. The van der Waals surface area contributed by atoms with E-state index in [0.29, 0.717) is 12.0 Å². The van der Waals surface area contributed by atoms with E-state index in [4.69, 9.17) is 0 Å². The second-order valence-corrected chi connectivity index (χ2v) is 7.44. The Morgan fingerprint density at radius 2 is 2.00 bits per heavy atom. The summed E-state index contributed by atoms with van der Waals surface area (Å²) in [4.78, 5) is 30.0. The van der Waals surface area contributed by atoms with Gasteiger partial charge in [-0.05, 0) is 42.0 Å². The number of hydrogen-bond donors (Lipinski definition) is 1. The molecule has 0 spiro atoms. The smallest absolute Gasteiger partial charge is 0.543 e. The van der Waals surface area contributed by atoms with Crippen LogP contribution in [-0.4, -0.2) is 39.0 Å². The predicted molar refractivity (Wildman–Crippen MR) is 102 cm³/mol. The summed E-state index contributed by atoms with van der Waals surface area (Å²) in [6.45, 7) is 1.56. The fraction of sp³-hybridized carbons (Fsp3) is 0.227. The Balaban J connectivity index is 0.00000205. The first-order valence-electron chi connectivity index (χ1n) is 9.21. The van der Waals surface area contributed by atoms with Crippen LogP contribution in [0.5, 0.6) is 0 Å². The van der Waals surface area contributed by atoms with E-state index in [1.807, 2.05) is 42.5 Å². The van der Waals surface area contributed by atoms with Gasteiger partial charge in [0.05, 0.1) is 35.2 Å². The number of pyridine rings is 1. The van der Waals surface area contributed by atoms with Crippen molar-refractivity contribution in [2.75, 3.05) is 0 Å². The number of fused-ring (bicyclic) bond motifs is 4. The summed E-state index contributed by atoms with van der Waals surface area (Å²) in [5.74, 6) is -2.29. The number of aliphatic carboxylic acids is 1. The van der Waals surface area contributed by atoms with Crippen LogP contribution in [0.4, 0.5) is 0 Å². The van der Waals surface area contributed by atoms with Gasteiger partial charge in [-0.15, -0.1) is 0 Å². The number of carbonyl (C=O) groups excluding carboxylic acids is 2. The minimum Gasteiger partial charge on any atom is -0.543 e. The molecule has 140 valence electrons. The second kappa shape index (κ2) is 7.22. The zero-order valence-electron chi connectivity index (χ0n) is 16.1. The molecule has 1 amide bonds. The van der Waals surface area contributed by atoms with E-state index >= 15 is 0 Å². The van der Waals surface area contributed by atoms with Gasteiger partial charge in [0.2, 0.25) is 5.91 Å². The molecule has 2 aliphatic heterocycles. The van der Waals surface area contributed by atoms with Crippen molar-refractivity contribution in [1.82, 2.24) is 9.88 Å². The van der Waals surface area contributed by atoms with Crippen molar-refractivity contribution in [3.05, 3.63) is 59.9 Å². The molecule has 6 nitrogen and oxygen atoms in total. The van der Waals surface area contributed by atoms with Crippen LogP contribution in [-0.2, 0) is 9.59 Å². The molecule has 1 fully saturated rings. The summed E-state index contributed by atoms with van der Waals surface area (Å²) in [6, 6.07) is 13.2. The van der Waals surface area contributed by atoms with Crippen LogP contribution in [0.25, 0.3) is 27.2 Å². The number of aliphatic hydroxyl groups excluding tert-OH is 1. The minimum absolute atomic E-state index is 0. The minimum atomic E-state index is -1.37. The van der Waals surface area contributed by atoms with Gasteiger partial charge in [0.15, 0.2) is 0 Å². The Hall–Kier alpha value is -2.25. The van der Waals surface area contributed by atoms with Crippen molar-refractivity contribution in [2.45, 2.75) is 25.5 Å². The Morgan fingerprint density at radius 1 is 1.24 bits per heavy atom. The SMILES string of the molecule is CC(O)C1C(=O)N2C(C(=O)[O-])=C(c3ccc4cnc5ccccc5c4c3)CC12.[Na+]. The van der Waals surface area contributed by atoms with E-state index in [0.717, 1.165) is 27.2 Å². The monoisotopic (exact) mass is 396 g/mol. The zero-order valence-corrected chi connectivity index (χ0v) is 18.1. The number of hydrogen-bond acceptors (Lipinski definition) is 5. The normalized spacial score (nSPS) is 21.7. The largest absolute Gasteiger partial charge is 1.00 e. The van der Waals surface area contributed by atoms with Crippen molar-refractivity contribution < 1.29 is 49.4 Å². The molecule has 2 aromatic carbocycles. The molecular formula is C22H17N2NaO4. The van der Waals surface area contributed by atoms with E-state index in [1.54, 1.807) is 13.1 Å². The van der Waals surface area contributed by atoms with Gasteiger partial charge in [-0.1, -0.05) is 30.3 Å². The molecular weight excluding hydrogens is 379 g/mol. The van der Waals surface area contributed by atoms with Gasteiger partial charge in [-0.2, -0.15) is 0 Å². The van der Waals surface area contributed by atoms with Crippen LogP contribution >= 0.6 is 0 Å². The molecule has 3 heterocycles. The molecule has 0 radical (unpaired) electrons. The van der Waals surface area contributed by atoms with E-state index < -0.39 is 18.0 Å². The fourth-order valence-electron chi connectivity index (χ4n) is 4.56. The average molecular weight is 396 g/mol. The number of aromatic nitrogens is 1. The van der Waals surface area contributed by atoms with Crippen LogP contribution in [0.1, 0.15) is 18.9 Å². The Kier molecular flexibility index (Phi) is 4.99. The molecule has 3 unspecified atom stereocenters. The van der Waals surface area contributed by atoms with E-state index in [9.17, 15) is 19.8 Å². The maximum atomic E-state index is 12.4. The molecule has 5 rings (SSSR count). The number of rotatable bonds is 3. The molecule has 0 bridgehead atoms. The summed E-state index contributed by atoms with van der Waals surface area (Å²) in [7, 11) is 0. The first-order valence-corrected chi connectivity index (χ1v) is 9.21. The van der Waals surface area contributed by atoms with Crippen LogP contribution in [0.15, 0.2) is 54.4 Å².